The second kappa shape index (κ2) is 7.65. The van der Waals surface area contributed by atoms with Crippen LogP contribution < -0.4 is 5.32 Å². The van der Waals surface area contributed by atoms with E-state index < -0.39 is 0 Å². The maximum absolute atomic E-state index is 12.3. The number of halogens is 2. The van der Waals surface area contributed by atoms with Crippen molar-refractivity contribution in [3.8, 4) is 0 Å². The van der Waals surface area contributed by atoms with Crippen molar-refractivity contribution in [2.75, 3.05) is 25.0 Å². The molecule has 1 unspecified atom stereocenters. The number of carbonyl (C=O) groups excluding carboxylic acids is 2. The number of urea groups is 1. The summed E-state index contributed by atoms with van der Waals surface area (Å²) in [6, 6.07) is 2.73. The fourth-order valence-corrected chi connectivity index (χ4v) is 2.81. The number of ether oxygens (including phenoxy) is 1. The lowest BCUT2D eigenvalue weighted by atomic mass is 9.98. The minimum absolute atomic E-state index is 0.200. The number of rotatable bonds is 3. The Hall–Kier alpha value is -1.53. The Bertz CT molecular complexity index is 548. The molecule has 1 saturated heterocycles. The summed E-state index contributed by atoms with van der Waals surface area (Å²) in [5, 5.41) is 3.11. The predicted molar refractivity (Wildman–Crippen MR) is 84.2 cm³/mol. The molecule has 0 spiro atoms. The van der Waals surface area contributed by atoms with E-state index in [1.807, 2.05) is 0 Å². The van der Waals surface area contributed by atoms with Gasteiger partial charge in [0.15, 0.2) is 0 Å². The summed E-state index contributed by atoms with van der Waals surface area (Å²) in [4.78, 5) is 29.5. The number of hydrogen-bond donors (Lipinski definition) is 1. The van der Waals surface area contributed by atoms with E-state index in [0.29, 0.717) is 25.4 Å². The Morgan fingerprint density at radius 3 is 2.73 bits per heavy atom. The van der Waals surface area contributed by atoms with Crippen LogP contribution >= 0.6 is 23.2 Å². The van der Waals surface area contributed by atoms with Crippen LogP contribution in [0.3, 0.4) is 0 Å². The Morgan fingerprint density at radius 1 is 1.41 bits per heavy atom. The van der Waals surface area contributed by atoms with E-state index in [1.54, 1.807) is 11.8 Å². The van der Waals surface area contributed by atoms with Crippen LogP contribution in [0.5, 0.6) is 0 Å². The van der Waals surface area contributed by atoms with Crippen molar-refractivity contribution in [2.45, 2.75) is 19.8 Å². The molecule has 0 aliphatic carbocycles. The zero-order valence-electron chi connectivity index (χ0n) is 12.1. The average molecular weight is 346 g/mol. The van der Waals surface area contributed by atoms with Crippen molar-refractivity contribution < 1.29 is 14.3 Å². The van der Waals surface area contributed by atoms with Crippen LogP contribution in [-0.2, 0) is 9.53 Å². The van der Waals surface area contributed by atoms with Gasteiger partial charge in [-0.05, 0) is 31.9 Å². The van der Waals surface area contributed by atoms with Gasteiger partial charge in [0.25, 0.3) is 0 Å². The number of nitrogens with one attached hydrogen (secondary N) is 1. The van der Waals surface area contributed by atoms with Crippen molar-refractivity contribution in [1.82, 2.24) is 9.88 Å². The van der Waals surface area contributed by atoms with Crippen LogP contribution in [0.2, 0.25) is 10.3 Å². The SMILES string of the molecule is CCOC(=O)C1CCCN(C(=O)Nc2cc(Cl)nc(Cl)c2)C1. The molecule has 1 fully saturated rings. The highest BCUT2D eigenvalue weighted by molar-refractivity contribution is 6.32. The lowest BCUT2D eigenvalue weighted by Crippen LogP contribution is -2.44. The first-order valence-electron chi connectivity index (χ1n) is 7.05. The van der Waals surface area contributed by atoms with Gasteiger partial charge in [-0.25, -0.2) is 9.78 Å². The molecular formula is C14H17Cl2N3O3. The van der Waals surface area contributed by atoms with E-state index in [0.717, 1.165) is 12.8 Å². The highest BCUT2D eigenvalue weighted by Crippen LogP contribution is 2.21. The van der Waals surface area contributed by atoms with Crippen LogP contribution in [0, 0.1) is 5.92 Å². The van der Waals surface area contributed by atoms with Crippen LogP contribution in [0.4, 0.5) is 10.5 Å². The lowest BCUT2D eigenvalue weighted by molar-refractivity contribution is -0.149. The largest absolute Gasteiger partial charge is 0.466 e. The molecule has 2 rings (SSSR count). The normalized spacial score (nSPS) is 18.0. The third-order valence-corrected chi connectivity index (χ3v) is 3.73. The van der Waals surface area contributed by atoms with E-state index in [1.165, 1.54) is 12.1 Å². The molecule has 2 heterocycles. The first kappa shape index (κ1) is 16.8. The quantitative estimate of drug-likeness (QED) is 0.674. The summed E-state index contributed by atoms with van der Waals surface area (Å²) in [5.74, 6) is -0.529. The third kappa shape index (κ3) is 4.48. The summed E-state index contributed by atoms with van der Waals surface area (Å²) in [7, 11) is 0. The minimum atomic E-state index is -0.299. The zero-order chi connectivity index (χ0) is 16.1. The molecule has 1 N–H and O–H groups in total. The van der Waals surface area contributed by atoms with E-state index in [2.05, 4.69) is 10.3 Å². The Balaban J connectivity index is 1.98. The topological polar surface area (TPSA) is 71.5 Å². The molecule has 1 aliphatic rings. The summed E-state index contributed by atoms with van der Waals surface area (Å²) >= 11 is 11.6. The van der Waals surface area contributed by atoms with Gasteiger partial charge in [-0.2, -0.15) is 0 Å². The summed E-state index contributed by atoms with van der Waals surface area (Å²) in [6.45, 7) is 3.04. The molecule has 22 heavy (non-hydrogen) atoms. The van der Waals surface area contributed by atoms with Crippen molar-refractivity contribution in [2.24, 2.45) is 5.92 Å². The highest BCUT2D eigenvalue weighted by Gasteiger charge is 2.29. The summed E-state index contributed by atoms with van der Waals surface area (Å²) in [5.41, 5.74) is 0.466. The number of aromatic nitrogens is 1. The lowest BCUT2D eigenvalue weighted by Gasteiger charge is -2.31. The molecule has 0 aromatic carbocycles. The van der Waals surface area contributed by atoms with Gasteiger partial charge >= 0.3 is 12.0 Å². The molecule has 8 heteroatoms. The number of piperidine rings is 1. The number of hydrogen-bond acceptors (Lipinski definition) is 4. The highest BCUT2D eigenvalue weighted by atomic mass is 35.5. The van der Waals surface area contributed by atoms with E-state index in [4.69, 9.17) is 27.9 Å². The maximum atomic E-state index is 12.3. The fourth-order valence-electron chi connectivity index (χ4n) is 2.35. The summed E-state index contributed by atoms with van der Waals surface area (Å²) < 4.78 is 5.02. The van der Waals surface area contributed by atoms with Gasteiger partial charge in [-0.3, -0.25) is 4.79 Å². The van der Waals surface area contributed by atoms with Gasteiger partial charge in [0, 0.05) is 18.8 Å². The Kier molecular flexibility index (Phi) is 5.85. The molecule has 1 aromatic rings. The van der Waals surface area contributed by atoms with E-state index in [9.17, 15) is 9.59 Å². The number of carbonyl (C=O) groups is 2. The number of nitrogens with zero attached hydrogens (tertiary/aromatic N) is 2. The monoisotopic (exact) mass is 345 g/mol. The fraction of sp³-hybridized carbons (Fsp3) is 0.500. The summed E-state index contributed by atoms with van der Waals surface area (Å²) in [6.07, 6.45) is 1.49. The average Bonchev–Trinajstić information content (AvgIpc) is 2.46. The molecule has 1 aromatic heterocycles. The maximum Gasteiger partial charge on any atom is 0.321 e. The van der Waals surface area contributed by atoms with Crippen LogP contribution in [0.15, 0.2) is 12.1 Å². The van der Waals surface area contributed by atoms with Crippen molar-refractivity contribution >= 4 is 40.9 Å². The van der Waals surface area contributed by atoms with Crippen molar-refractivity contribution in [3.05, 3.63) is 22.4 Å². The standard InChI is InChI=1S/C14H17Cl2N3O3/c1-2-22-13(20)9-4-3-5-19(8-9)14(21)17-10-6-11(15)18-12(16)7-10/h6-7,9H,2-5,8H2,1H3,(H,17,18,21). The number of pyridine rings is 1. The van der Waals surface area contributed by atoms with Crippen LogP contribution in [-0.4, -0.2) is 41.6 Å². The predicted octanol–water partition coefficient (Wildman–Crippen LogP) is 3.20. The molecule has 0 bridgehead atoms. The molecular weight excluding hydrogens is 329 g/mol. The molecule has 2 amide bonds. The third-order valence-electron chi connectivity index (χ3n) is 3.34. The van der Waals surface area contributed by atoms with Gasteiger partial charge in [0.1, 0.15) is 10.3 Å². The van der Waals surface area contributed by atoms with E-state index >= 15 is 0 Å². The van der Waals surface area contributed by atoms with Gasteiger partial charge in [-0.1, -0.05) is 23.2 Å². The number of esters is 1. The van der Waals surface area contributed by atoms with Gasteiger partial charge in [-0.15, -0.1) is 0 Å². The van der Waals surface area contributed by atoms with Gasteiger partial charge in [0.2, 0.25) is 0 Å². The zero-order valence-corrected chi connectivity index (χ0v) is 13.7. The Morgan fingerprint density at radius 2 is 2.09 bits per heavy atom. The molecule has 0 saturated carbocycles. The molecule has 1 atom stereocenters. The smallest absolute Gasteiger partial charge is 0.321 e. The van der Waals surface area contributed by atoms with Crippen LogP contribution in [0.25, 0.3) is 0 Å². The van der Waals surface area contributed by atoms with Gasteiger partial charge in [0.05, 0.1) is 12.5 Å². The van der Waals surface area contributed by atoms with Gasteiger partial charge < -0.3 is 15.0 Å². The molecule has 6 nitrogen and oxygen atoms in total. The second-order valence-electron chi connectivity index (χ2n) is 4.97. The first-order chi connectivity index (χ1) is 10.5. The minimum Gasteiger partial charge on any atom is -0.466 e. The second-order valence-corrected chi connectivity index (χ2v) is 5.74. The molecule has 1 aliphatic heterocycles. The van der Waals surface area contributed by atoms with Crippen molar-refractivity contribution in [1.29, 1.82) is 0 Å². The molecule has 0 radical (unpaired) electrons. The number of likely N-dealkylation sites (tertiary alicyclic amines) is 1. The van der Waals surface area contributed by atoms with Crippen molar-refractivity contribution in [3.63, 3.8) is 0 Å². The number of anilines is 1. The Labute approximate surface area is 138 Å². The van der Waals surface area contributed by atoms with E-state index in [-0.39, 0.29) is 28.2 Å². The molecule has 120 valence electrons. The first-order valence-corrected chi connectivity index (χ1v) is 7.81. The van der Waals surface area contributed by atoms with Crippen LogP contribution in [0.1, 0.15) is 19.8 Å². The number of amides is 2.